The van der Waals surface area contributed by atoms with Crippen LogP contribution in [0.1, 0.15) is 51.0 Å². The SMILES string of the molecule is COc1ccc(-c2nnc(SCC(=O)N3CCCC3=O)n2C2CCCCC2)cc1. The van der Waals surface area contributed by atoms with Gasteiger partial charge >= 0.3 is 0 Å². The minimum atomic E-state index is -0.137. The zero-order chi connectivity index (χ0) is 20.2. The first kappa shape index (κ1) is 19.9. The topological polar surface area (TPSA) is 77.3 Å². The minimum absolute atomic E-state index is 0.0664. The predicted octanol–water partition coefficient (Wildman–Crippen LogP) is 3.70. The number of amides is 2. The average Bonchev–Trinajstić information content (AvgIpc) is 3.39. The van der Waals surface area contributed by atoms with Crippen LogP contribution in [0.5, 0.6) is 5.75 Å². The van der Waals surface area contributed by atoms with E-state index in [4.69, 9.17) is 4.74 Å². The molecule has 29 heavy (non-hydrogen) atoms. The van der Waals surface area contributed by atoms with Crippen LogP contribution < -0.4 is 4.74 Å². The first-order valence-corrected chi connectivity index (χ1v) is 11.2. The lowest BCUT2D eigenvalue weighted by Crippen LogP contribution is -2.33. The lowest BCUT2D eigenvalue weighted by molar-refractivity contribution is -0.140. The third kappa shape index (κ3) is 4.32. The second kappa shape index (κ2) is 8.98. The highest BCUT2D eigenvalue weighted by molar-refractivity contribution is 7.99. The summed E-state index contributed by atoms with van der Waals surface area (Å²) in [6, 6.07) is 8.16. The fourth-order valence-electron chi connectivity index (χ4n) is 4.10. The van der Waals surface area contributed by atoms with E-state index in [9.17, 15) is 9.59 Å². The van der Waals surface area contributed by atoms with Gasteiger partial charge in [0.05, 0.1) is 12.9 Å². The molecule has 0 atom stereocenters. The number of benzene rings is 1. The van der Waals surface area contributed by atoms with Gasteiger partial charge in [0.2, 0.25) is 11.8 Å². The van der Waals surface area contributed by atoms with Gasteiger partial charge < -0.3 is 4.74 Å². The van der Waals surface area contributed by atoms with Gasteiger partial charge in [0, 0.05) is 24.6 Å². The highest BCUT2D eigenvalue weighted by atomic mass is 32.2. The molecule has 7 nitrogen and oxygen atoms in total. The molecule has 2 heterocycles. The van der Waals surface area contributed by atoms with Crippen molar-refractivity contribution in [2.75, 3.05) is 19.4 Å². The fourth-order valence-corrected chi connectivity index (χ4v) is 4.98. The third-order valence-electron chi connectivity index (χ3n) is 5.65. The molecule has 0 radical (unpaired) electrons. The quantitative estimate of drug-likeness (QED) is 0.671. The molecule has 1 saturated heterocycles. The number of carbonyl (C=O) groups is 2. The van der Waals surface area contributed by atoms with E-state index in [0.717, 1.165) is 41.6 Å². The maximum Gasteiger partial charge on any atom is 0.239 e. The van der Waals surface area contributed by atoms with Crippen molar-refractivity contribution in [1.29, 1.82) is 0 Å². The van der Waals surface area contributed by atoms with Gasteiger partial charge in [-0.15, -0.1) is 10.2 Å². The van der Waals surface area contributed by atoms with Gasteiger partial charge in [-0.05, 0) is 43.5 Å². The molecule has 0 bridgehead atoms. The second-order valence-electron chi connectivity index (χ2n) is 7.53. The van der Waals surface area contributed by atoms with Gasteiger partial charge in [0.25, 0.3) is 0 Å². The molecule has 0 N–H and O–H groups in total. The molecule has 1 saturated carbocycles. The van der Waals surface area contributed by atoms with Crippen LogP contribution in [-0.4, -0.2) is 50.9 Å². The maximum atomic E-state index is 12.5. The molecule has 2 amide bonds. The molecular weight excluding hydrogens is 388 g/mol. The highest BCUT2D eigenvalue weighted by Crippen LogP contribution is 2.36. The summed E-state index contributed by atoms with van der Waals surface area (Å²) in [5.41, 5.74) is 0.983. The van der Waals surface area contributed by atoms with Gasteiger partial charge in [0.15, 0.2) is 11.0 Å². The van der Waals surface area contributed by atoms with E-state index >= 15 is 0 Å². The summed E-state index contributed by atoms with van der Waals surface area (Å²) >= 11 is 1.38. The van der Waals surface area contributed by atoms with E-state index in [1.807, 2.05) is 24.3 Å². The molecule has 8 heteroatoms. The summed E-state index contributed by atoms with van der Waals surface area (Å²) in [5, 5.41) is 9.64. The van der Waals surface area contributed by atoms with Gasteiger partial charge in [-0.3, -0.25) is 19.1 Å². The predicted molar refractivity (Wildman–Crippen MR) is 111 cm³/mol. The molecule has 4 rings (SSSR count). The number of rotatable bonds is 6. The van der Waals surface area contributed by atoms with Crippen molar-refractivity contribution in [1.82, 2.24) is 19.7 Å². The maximum absolute atomic E-state index is 12.5. The summed E-state index contributed by atoms with van der Waals surface area (Å²) in [6.45, 7) is 0.532. The monoisotopic (exact) mass is 414 g/mol. The Labute approximate surface area is 174 Å². The molecule has 0 spiro atoms. The molecule has 1 aromatic heterocycles. The smallest absolute Gasteiger partial charge is 0.239 e. The van der Waals surface area contributed by atoms with Crippen molar-refractivity contribution in [3.63, 3.8) is 0 Å². The highest BCUT2D eigenvalue weighted by Gasteiger charge is 2.28. The standard InChI is InChI=1S/C21H26N4O3S/c1-28-17-11-9-15(10-12-17)20-22-23-21(25(20)16-6-3-2-4-7-16)29-14-19(27)24-13-5-8-18(24)26/h9-12,16H,2-8,13-14H2,1H3. The van der Waals surface area contributed by atoms with E-state index in [2.05, 4.69) is 14.8 Å². The van der Waals surface area contributed by atoms with Crippen molar-refractivity contribution in [3.05, 3.63) is 24.3 Å². The third-order valence-corrected chi connectivity index (χ3v) is 6.58. The van der Waals surface area contributed by atoms with Crippen LogP contribution in [0.2, 0.25) is 0 Å². The van der Waals surface area contributed by atoms with Crippen molar-refractivity contribution in [2.45, 2.75) is 56.1 Å². The molecule has 154 valence electrons. The molecule has 2 fully saturated rings. The second-order valence-corrected chi connectivity index (χ2v) is 8.47. The summed E-state index contributed by atoms with van der Waals surface area (Å²) in [5.74, 6) is 1.63. The molecule has 1 aliphatic carbocycles. The van der Waals surface area contributed by atoms with Crippen LogP contribution in [-0.2, 0) is 9.59 Å². The van der Waals surface area contributed by atoms with Crippen molar-refractivity contribution < 1.29 is 14.3 Å². The number of ether oxygens (including phenoxy) is 1. The normalized spacial score (nSPS) is 17.7. The number of thioether (sulfide) groups is 1. The van der Waals surface area contributed by atoms with E-state index in [1.165, 1.54) is 35.9 Å². The first-order chi connectivity index (χ1) is 14.2. The van der Waals surface area contributed by atoms with E-state index < -0.39 is 0 Å². The van der Waals surface area contributed by atoms with Crippen LogP contribution in [0.4, 0.5) is 0 Å². The number of imide groups is 1. The molecule has 1 aliphatic heterocycles. The minimum Gasteiger partial charge on any atom is -0.497 e. The molecule has 2 aromatic rings. The lowest BCUT2D eigenvalue weighted by Gasteiger charge is -2.25. The number of hydrogen-bond acceptors (Lipinski definition) is 6. The van der Waals surface area contributed by atoms with E-state index in [1.54, 1.807) is 7.11 Å². The van der Waals surface area contributed by atoms with Gasteiger partial charge in [-0.25, -0.2) is 0 Å². The summed E-state index contributed by atoms with van der Waals surface area (Å²) in [6.07, 6.45) is 7.05. The lowest BCUT2D eigenvalue weighted by atomic mass is 9.95. The van der Waals surface area contributed by atoms with Crippen LogP contribution in [0.25, 0.3) is 11.4 Å². The van der Waals surface area contributed by atoms with E-state index in [-0.39, 0.29) is 17.6 Å². The van der Waals surface area contributed by atoms with Crippen LogP contribution in [0, 0.1) is 0 Å². The number of methoxy groups -OCH3 is 1. The fraction of sp³-hybridized carbons (Fsp3) is 0.524. The number of carbonyl (C=O) groups excluding carboxylic acids is 2. The Kier molecular flexibility index (Phi) is 6.18. The zero-order valence-electron chi connectivity index (χ0n) is 16.7. The van der Waals surface area contributed by atoms with Crippen LogP contribution in [0.15, 0.2) is 29.4 Å². The number of hydrogen-bond donors (Lipinski definition) is 0. The van der Waals surface area contributed by atoms with Gasteiger partial charge in [0.1, 0.15) is 5.75 Å². The average molecular weight is 415 g/mol. The largest absolute Gasteiger partial charge is 0.497 e. The van der Waals surface area contributed by atoms with Crippen molar-refractivity contribution >= 4 is 23.6 Å². The van der Waals surface area contributed by atoms with Crippen molar-refractivity contribution in [2.24, 2.45) is 0 Å². The van der Waals surface area contributed by atoms with Crippen molar-refractivity contribution in [3.8, 4) is 17.1 Å². The Morgan fingerprint density at radius 3 is 2.55 bits per heavy atom. The molecular formula is C21H26N4O3S. The molecule has 2 aliphatic rings. The first-order valence-electron chi connectivity index (χ1n) is 10.2. The van der Waals surface area contributed by atoms with Gasteiger partial charge in [-0.1, -0.05) is 31.0 Å². The Morgan fingerprint density at radius 1 is 1.14 bits per heavy atom. The summed E-state index contributed by atoms with van der Waals surface area (Å²) in [4.78, 5) is 25.7. The van der Waals surface area contributed by atoms with Crippen LogP contribution in [0.3, 0.4) is 0 Å². The Morgan fingerprint density at radius 2 is 1.90 bits per heavy atom. The zero-order valence-corrected chi connectivity index (χ0v) is 17.5. The van der Waals surface area contributed by atoms with E-state index in [0.29, 0.717) is 19.0 Å². The van der Waals surface area contributed by atoms with Crippen LogP contribution >= 0.6 is 11.8 Å². The molecule has 1 aromatic carbocycles. The number of aromatic nitrogens is 3. The Bertz CT molecular complexity index is 875. The van der Waals surface area contributed by atoms with Gasteiger partial charge in [-0.2, -0.15) is 0 Å². The summed E-state index contributed by atoms with van der Waals surface area (Å²) < 4.78 is 7.46. The molecule has 0 unspecified atom stereocenters. The Balaban J connectivity index is 1.58. The Hall–Kier alpha value is -2.35. The summed E-state index contributed by atoms with van der Waals surface area (Å²) in [7, 11) is 1.65. The number of likely N-dealkylation sites (tertiary alicyclic amines) is 1. The number of nitrogens with zero attached hydrogens (tertiary/aromatic N) is 4.